The third kappa shape index (κ3) is 3.24. The summed E-state index contributed by atoms with van der Waals surface area (Å²) >= 11 is 7.67. The summed E-state index contributed by atoms with van der Waals surface area (Å²) in [7, 11) is 1.81. The molecule has 136 valence electrons. The summed E-state index contributed by atoms with van der Waals surface area (Å²) in [5.41, 5.74) is 4.31. The molecule has 3 aromatic heterocycles. The van der Waals surface area contributed by atoms with Crippen LogP contribution >= 0.6 is 22.9 Å². The van der Waals surface area contributed by atoms with E-state index in [9.17, 15) is 4.79 Å². The van der Waals surface area contributed by atoms with Crippen molar-refractivity contribution in [3.05, 3.63) is 70.7 Å². The first-order valence-electron chi connectivity index (χ1n) is 8.66. The van der Waals surface area contributed by atoms with Gasteiger partial charge in [-0.1, -0.05) is 29.8 Å². The molecule has 1 aromatic carbocycles. The van der Waals surface area contributed by atoms with Crippen LogP contribution in [0, 0.1) is 0 Å². The fourth-order valence-electron chi connectivity index (χ4n) is 3.02. The van der Waals surface area contributed by atoms with Crippen molar-refractivity contribution in [2.24, 2.45) is 0 Å². The molecular weight excluding hydrogens is 378 g/mol. The molecule has 27 heavy (non-hydrogen) atoms. The zero-order valence-corrected chi connectivity index (χ0v) is 16.6. The number of carbonyl (C=O) groups is 1. The highest BCUT2D eigenvalue weighted by Crippen LogP contribution is 2.32. The molecular formula is C21H18ClN3OS. The lowest BCUT2D eigenvalue weighted by Crippen LogP contribution is -2.25. The van der Waals surface area contributed by atoms with Gasteiger partial charge in [-0.3, -0.25) is 4.79 Å². The molecule has 4 aromatic rings. The standard InChI is InChI=1S/C21H18ClN3OS/c1-3-24(2)21(26)16-12-19(25-10-5-4-9-18(16)25)17-13-27-20(23-17)14-7-6-8-15(22)11-14/h4-13H,3H2,1-2H3. The van der Waals surface area contributed by atoms with E-state index in [2.05, 4.69) is 0 Å². The Morgan fingerprint density at radius 2 is 2.07 bits per heavy atom. The lowest BCUT2D eigenvalue weighted by molar-refractivity contribution is 0.0804. The number of pyridine rings is 1. The van der Waals surface area contributed by atoms with Crippen LogP contribution in [0.2, 0.25) is 5.02 Å². The SMILES string of the molecule is CCN(C)C(=O)c1cc(-c2csc(-c3cccc(Cl)c3)n2)n2ccccc12. The maximum Gasteiger partial charge on any atom is 0.255 e. The summed E-state index contributed by atoms with van der Waals surface area (Å²) in [6.07, 6.45) is 1.96. The molecule has 3 heterocycles. The molecule has 4 nitrogen and oxygen atoms in total. The second-order valence-electron chi connectivity index (χ2n) is 6.27. The number of amides is 1. The van der Waals surface area contributed by atoms with Gasteiger partial charge < -0.3 is 9.30 Å². The lowest BCUT2D eigenvalue weighted by atomic mass is 10.2. The molecule has 0 aliphatic carbocycles. The van der Waals surface area contributed by atoms with E-state index in [1.807, 2.05) is 78.5 Å². The molecule has 0 saturated carbocycles. The number of rotatable bonds is 4. The lowest BCUT2D eigenvalue weighted by Gasteiger charge is -2.13. The molecule has 6 heteroatoms. The van der Waals surface area contributed by atoms with E-state index in [-0.39, 0.29) is 5.91 Å². The van der Waals surface area contributed by atoms with E-state index in [1.54, 1.807) is 16.2 Å². The summed E-state index contributed by atoms with van der Waals surface area (Å²) in [4.78, 5) is 19.3. The smallest absolute Gasteiger partial charge is 0.255 e. The van der Waals surface area contributed by atoms with Crippen LogP contribution < -0.4 is 0 Å². The van der Waals surface area contributed by atoms with Gasteiger partial charge in [-0.2, -0.15) is 0 Å². The highest BCUT2D eigenvalue weighted by molar-refractivity contribution is 7.13. The van der Waals surface area contributed by atoms with Gasteiger partial charge in [-0.05, 0) is 37.3 Å². The van der Waals surface area contributed by atoms with Gasteiger partial charge in [0, 0.05) is 35.8 Å². The summed E-state index contributed by atoms with van der Waals surface area (Å²) in [6, 6.07) is 15.5. The minimum absolute atomic E-state index is 0.0118. The number of hydrogen-bond donors (Lipinski definition) is 0. The monoisotopic (exact) mass is 395 g/mol. The Hall–Kier alpha value is -2.63. The highest BCUT2D eigenvalue weighted by Gasteiger charge is 2.20. The number of halogens is 1. The largest absolute Gasteiger partial charge is 0.342 e. The van der Waals surface area contributed by atoms with Crippen molar-refractivity contribution < 1.29 is 4.79 Å². The second-order valence-corrected chi connectivity index (χ2v) is 7.56. The number of carbonyl (C=O) groups excluding carboxylic acids is 1. The third-order valence-electron chi connectivity index (χ3n) is 4.57. The molecule has 0 saturated heterocycles. The number of aromatic nitrogens is 2. The van der Waals surface area contributed by atoms with Crippen LogP contribution in [-0.2, 0) is 0 Å². The van der Waals surface area contributed by atoms with E-state index in [1.165, 1.54) is 0 Å². The average Bonchev–Trinajstić information content (AvgIpc) is 3.31. The van der Waals surface area contributed by atoms with Gasteiger partial charge in [-0.25, -0.2) is 4.98 Å². The second kappa shape index (κ2) is 7.18. The maximum atomic E-state index is 12.8. The first kappa shape index (κ1) is 17.8. The van der Waals surface area contributed by atoms with Crippen molar-refractivity contribution in [2.75, 3.05) is 13.6 Å². The number of hydrogen-bond acceptors (Lipinski definition) is 3. The molecule has 4 rings (SSSR count). The van der Waals surface area contributed by atoms with E-state index < -0.39 is 0 Å². The predicted octanol–water partition coefficient (Wildman–Crippen LogP) is 5.48. The molecule has 1 amide bonds. The van der Waals surface area contributed by atoms with E-state index in [0.29, 0.717) is 17.1 Å². The molecule has 0 aliphatic rings. The van der Waals surface area contributed by atoms with Crippen LogP contribution in [0.5, 0.6) is 0 Å². The predicted molar refractivity (Wildman–Crippen MR) is 112 cm³/mol. The van der Waals surface area contributed by atoms with Gasteiger partial charge in [0.25, 0.3) is 5.91 Å². The summed E-state index contributed by atoms with van der Waals surface area (Å²) in [5, 5.41) is 3.60. The number of thiazole rings is 1. The Labute approximate surface area is 166 Å². The van der Waals surface area contributed by atoms with Crippen molar-refractivity contribution in [1.82, 2.24) is 14.3 Å². The van der Waals surface area contributed by atoms with Gasteiger partial charge >= 0.3 is 0 Å². The van der Waals surface area contributed by atoms with Gasteiger partial charge in [0.05, 0.1) is 22.5 Å². The first-order valence-corrected chi connectivity index (χ1v) is 9.91. The van der Waals surface area contributed by atoms with Crippen LogP contribution in [0.25, 0.3) is 27.5 Å². The molecule has 0 unspecified atom stereocenters. The van der Waals surface area contributed by atoms with Crippen LogP contribution in [0.1, 0.15) is 17.3 Å². The highest BCUT2D eigenvalue weighted by atomic mass is 35.5. The van der Waals surface area contributed by atoms with E-state index in [0.717, 1.165) is 27.5 Å². The minimum atomic E-state index is 0.0118. The zero-order valence-electron chi connectivity index (χ0n) is 15.0. The van der Waals surface area contributed by atoms with Crippen LogP contribution in [0.15, 0.2) is 60.1 Å². The minimum Gasteiger partial charge on any atom is -0.342 e. The van der Waals surface area contributed by atoms with Crippen molar-refractivity contribution >= 4 is 34.4 Å². The van der Waals surface area contributed by atoms with Gasteiger partial charge in [0.2, 0.25) is 0 Å². The Morgan fingerprint density at radius 1 is 1.22 bits per heavy atom. The van der Waals surface area contributed by atoms with Crippen LogP contribution in [0.4, 0.5) is 0 Å². The molecule has 0 fully saturated rings. The van der Waals surface area contributed by atoms with Crippen molar-refractivity contribution in [1.29, 1.82) is 0 Å². The van der Waals surface area contributed by atoms with E-state index >= 15 is 0 Å². The summed E-state index contributed by atoms with van der Waals surface area (Å²) < 4.78 is 2.02. The maximum absolute atomic E-state index is 12.8. The van der Waals surface area contributed by atoms with Crippen molar-refractivity contribution in [2.45, 2.75) is 6.92 Å². The normalized spacial score (nSPS) is 11.1. The number of nitrogens with zero attached hydrogens (tertiary/aromatic N) is 3. The molecule has 0 N–H and O–H groups in total. The third-order valence-corrected chi connectivity index (χ3v) is 5.69. The number of fused-ring (bicyclic) bond motifs is 1. The Bertz CT molecular complexity index is 1130. The van der Waals surface area contributed by atoms with Gasteiger partial charge in [0.15, 0.2) is 0 Å². The molecule has 0 aliphatic heterocycles. The fraction of sp³-hybridized carbons (Fsp3) is 0.143. The van der Waals surface area contributed by atoms with Crippen LogP contribution in [-0.4, -0.2) is 33.8 Å². The molecule has 0 radical (unpaired) electrons. The number of benzene rings is 1. The topological polar surface area (TPSA) is 37.6 Å². The molecule has 0 spiro atoms. The first-order chi connectivity index (χ1) is 13.1. The Balaban J connectivity index is 1.82. The van der Waals surface area contributed by atoms with Crippen LogP contribution in [0.3, 0.4) is 0 Å². The quantitative estimate of drug-likeness (QED) is 0.459. The van der Waals surface area contributed by atoms with Gasteiger partial charge in [0.1, 0.15) is 5.01 Å². The zero-order chi connectivity index (χ0) is 19.0. The Kier molecular flexibility index (Phi) is 4.72. The summed E-state index contributed by atoms with van der Waals surface area (Å²) in [6.45, 7) is 2.63. The molecule has 0 bridgehead atoms. The van der Waals surface area contributed by atoms with Crippen molar-refractivity contribution in [3.63, 3.8) is 0 Å². The van der Waals surface area contributed by atoms with E-state index in [4.69, 9.17) is 16.6 Å². The average molecular weight is 396 g/mol. The summed E-state index contributed by atoms with van der Waals surface area (Å²) in [5.74, 6) is 0.0118. The van der Waals surface area contributed by atoms with Crippen molar-refractivity contribution in [3.8, 4) is 22.0 Å². The molecule has 0 atom stereocenters. The fourth-order valence-corrected chi connectivity index (χ4v) is 4.02. The Morgan fingerprint density at radius 3 is 2.85 bits per heavy atom. The van der Waals surface area contributed by atoms with Gasteiger partial charge in [-0.15, -0.1) is 11.3 Å².